The first-order chi connectivity index (χ1) is 11.4. The highest BCUT2D eigenvalue weighted by atomic mass is 16.5. The molecule has 0 aromatic heterocycles. The molecule has 0 N–H and O–H groups in total. The van der Waals surface area contributed by atoms with Gasteiger partial charge in [0.25, 0.3) is 0 Å². The van der Waals surface area contributed by atoms with Crippen molar-refractivity contribution in [1.29, 1.82) is 0 Å². The first-order valence-corrected chi connectivity index (χ1v) is 7.85. The molecular weight excluding hydrogens is 312 g/mol. The van der Waals surface area contributed by atoms with Gasteiger partial charge in [-0.1, -0.05) is 26.0 Å². The van der Waals surface area contributed by atoms with Gasteiger partial charge in [-0.05, 0) is 18.1 Å². The number of carbonyl (C=O) groups is 3. The molecule has 0 spiro atoms. The summed E-state index contributed by atoms with van der Waals surface area (Å²) in [6.07, 6.45) is -0.755. The van der Waals surface area contributed by atoms with E-state index in [0.717, 1.165) is 0 Å². The molecule has 1 aromatic carbocycles. The van der Waals surface area contributed by atoms with Crippen LogP contribution in [0.3, 0.4) is 0 Å². The van der Waals surface area contributed by atoms with Crippen LogP contribution in [0, 0.1) is 17.8 Å². The first-order valence-electron chi connectivity index (χ1n) is 7.85. The number of benzene rings is 1. The zero-order valence-electron chi connectivity index (χ0n) is 14.3. The number of methoxy groups -OCH3 is 2. The molecule has 0 saturated heterocycles. The van der Waals surface area contributed by atoms with Crippen LogP contribution in [0.15, 0.2) is 24.3 Å². The van der Waals surface area contributed by atoms with Gasteiger partial charge in [0.15, 0.2) is 5.78 Å². The van der Waals surface area contributed by atoms with Crippen LogP contribution in [0.1, 0.15) is 30.6 Å². The van der Waals surface area contributed by atoms with Gasteiger partial charge in [0, 0.05) is 0 Å². The van der Waals surface area contributed by atoms with E-state index in [0.29, 0.717) is 11.3 Å². The maximum Gasteiger partial charge on any atom is 0.310 e. The Morgan fingerprint density at radius 2 is 1.83 bits per heavy atom. The van der Waals surface area contributed by atoms with E-state index in [1.807, 2.05) is 13.8 Å². The van der Waals surface area contributed by atoms with Gasteiger partial charge in [0.05, 0.1) is 38.0 Å². The Balaban J connectivity index is 2.47. The van der Waals surface area contributed by atoms with Crippen LogP contribution in [0.2, 0.25) is 0 Å². The van der Waals surface area contributed by atoms with Gasteiger partial charge in [0.1, 0.15) is 11.9 Å². The first kappa shape index (κ1) is 18.0. The van der Waals surface area contributed by atoms with Crippen LogP contribution in [0.5, 0.6) is 5.75 Å². The molecule has 0 bridgehead atoms. The molecule has 0 amide bonds. The molecule has 3 atom stereocenters. The van der Waals surface area contributed by atoms with Crippen molar-refractivity contribution in [3.63, 3.8) is 0 Å². The van der Waals surface area contributed by atoms with E-state index in [4.69, 9.17) is 9.47 Å². The summed E-state index contributed by atoms with van der Waals surface area (Å²) < 4.78 is 15.5. The lowest BCUT2D eigenvalue weighted by molar-refractivity contribution is -0.155. The Hall–Kier alpha value is -2.37. The number of rotatable bonds is 5. The maximum atomic E-state index is 13.0. The number of fused-ring (bicyclic) bond motifs is 1. The van der Waals surface area contributed by atoms with E-state index in [9.17, 15) is 14.4 Å². The number of carbonyl (C=O) groups excluding carboxylic acids is 3. The Morgan fingerprint density at radius 1 is 1.17 bits per heavy atom. The van der Waals surface area contributed by atoms with Gasteiger partial charge < -0.3 is 14.2 Å². The van der Waals surface area contributed by atoms with Gasteiger partial charge in [-0.3, -0.25) is 14.4 Å². The number of esters is 2. The monoisotopic (exact) mass is 334 g/mol. The molecule has 0 radical (unpaired) electrons. The smallest absolute Gasteiger partial charge is 0.310 e. The minimum Gasteiger partial charge on any atom is -0.489 e. The molecule has 0 saturated carbocycles. The summed E-state index contributed by atoms with van der Waals surface area (Å²) in [7, 11) is 2.48. The number of para-hydroxylation sites is 1. The van der Waals surface area contributed by atoms with Crippen LogP contribution in [0.25, 0.3) is 0 Å². The summed E-state index contributed by atoms with van der Waals surface area (Å²) in [5.41, 5.74) is 0.415. The molecule has 1 heterocycles. The summed E-state index contributed by atoms with van der Waals surface area (Å²) in [4.78, 5) is 37.0. The molecule has 0 fully saturated rings. The second-order valence-corrected chi connectivity index (χ2v) is 6.12. The predicted molar refractivity (Wildman–Crippen MR) is 85.7 cm³/mol. The third-order valence-electron chi connectivity index (χ3n) is 4.28. The van der Waals surface area contributed by atoms with Gasteiger partial charge >= 0.3 is 11.9 Å². The van der Waals surface area contributed by atoms with Crippen molar-refractivity contribution in [2.24, 2.45) is 17.8 Å². The number of ether oxygens (including phenoxy) is 3. The molecule has 130 valence electrons. The molecule has 1 aliphatic heterocycles. The van der Waals surface area contributed by atoms with E-state index < -0.39 is 29.9 Å². The number of ketones is 1. The van der Waals surface area contributed by atoms with Gasteiger partial charge in [-0.25, -0.2) is 0 Å². The second kappa shape index (κ2) is 7.47. The third kappa shape index (κ3) is 3.42. The van der Waals surface area contributed by atoms with E-state index in [2.05, 4.69) is 4.74 Å². The third-order valence-corrected chi connectivity index (χ3v) is 4.28. The van der Waals surface area contributed by atoms with Crippen molar-refractivity contribution in [1.82, 2.24) is 0 Å². The van der Waals surface area contributed by atoms with Crippen molar-refractivity contribution in [2.75, 3.05) is 14.2 Å². The Labute approximate surface area is 141 Å². The number of hydrogen-bond donors (Lipinski definition) is 0. The molecule has 24 heavy (non-hydrogen) atoms. The predicted octanol–water partition coefficient (Wildman–Crippen LogP) is 2.25. The summed E-state index contributed by atoms with van der Waals surface area (Å²) in [5, 5.41) is 0. The minimum absolute atomic E-state index is 0.0305. The fourth-order valence-electron chi connectivity index (χ4n) is 3.06. The van der Waals surface area contributed by atoms with Crippen LogP contribution < -0.4 is 4.74 Å². The lowest BCUT2D eigenvalue weighted by Gasteiger charge is -2.37. The molecule has 1 aromatic rings. The van der Waals surface area contributed by atoms with E-state index in [1.165, 1.54) is 14.2 Å². The summed E-state index contributed by atoms with van der Waals surface area (Å²) in [5.74, 6) is -2.68. The van der Waals surface area contributed by atoms with Crippen molar-refractivity contribution in [2.45, 2.75) is 26.4 Å². The van der Waals surface area contributed by atoms with Crippen LogP contribution in [0.4, 0.5) is 0 Å². The lowest BCUT2D eigenvalue weighted by atomic mass is 9.75. The minimum atomic E-state index is -0.948. The standard InChI is InChI=1S/C18H22O6/c1-10(2)17-15(12(18(21)23-4)9-14(19)22-3)16(20)11-7-5-6-8-13(11)24-17/h5-8,10,12,15,17H,9H2,1-4H3. The Kier molecular flexibility index (Phi) is 5.59. The largest absolute Gasteiger partial charge is 0.489 e. The summed E-state index contributed by atoms with van der Waals surface area (Å²) in [6.45, 7) is 3.82. The average molecular weight is 334 g/mol. The molecule has 0 aliphatic carbocycles. The van der Waals surface area contributed by atoms with Gasteiger partial charge in [0.2, 0.25) is 0 Å². The molecule has 3 unspecified atom stereocenters. The van der Waals surface area contributed by atoms with Crippen LogP contribution in [-0.4, -0.2) is 38.0 Å². The van der Waals surface area contributed by atoms with Crippen LogP contribution >= 0.6 is 0 Å². The summed E-state index contributed by atoms with van der Waals surface area (Å²) >= 11 is 0. The number of hydrogen-bond acceptors (Lipinski definition) is 6. The Bertz CT molecular complexity index is 636. The molecule has 1 aliphatic rings. The van der Waals surface area contributed by atoms with Gasteiger partial charge in [-0.15, -0.1) is 0 Å². The highest BCUT2D eigenvalue weighted by molar-refractivity contribution is 6.04. The number of Topliss-reactive ketones (excluding diaryl/α,β-unsaturated/α-hetero) is 1. The van der Waals surface area contributed by atoms with E-state index in [1.54, 1.807) is 24.3 Å². The topological polar surface area (TPSA) is 78.9 Å². The highest BCUT2D eigenvalue weighted by Gasteiger charge is 2.47. The van der Waals surface area contributed by atoms with E-state index >= 15 is 0 Å². The highest BCUT2D eigenvalue weighted by Crippen LogP contribution is 2.38. The normalized spacial score (nSPS) is 20.8. The maximum absolute atomic E-state index is 13.0. The SMILES string of the molecule is COC(=O)CC(C(=O)OC)C1C(=O)c2ccccc2OC1C(C)C. The van der Waals surface area contributed by atoms with Crippen molar-refractivity contribution in [3.8, 4) is 5.75 Å². The Morgan fingerprint density at radius 3 is 2.42 bits per heavy atom. The van der Waals surface area contributed by atoms with Crippen molar-refractivity contribution in [3.05, 3.63) is 29.8 Å². The fourth-order valence-corrected chi connectivity index (χ4v) is 3.06. The van der Waals surface area contributed by atoms with Crippen LogP contribution in [-0.2, 0) is 19.1 Å². The zero-order chi connectivity index (χ0) is 17.9. The molecule has 6 nitrogen and oxygen atoms in total. The summed E-state index contributed by atoms with van der Waals surface area (Å²) in [6, 6.07) is 6.91. The fraction of sp³-hybridized carbons (Fsp3) is 0.500. The van der Waals surface area contributed by atoms with Crippen molar-refractivity contribution >= 4 is 17.7 Å². The van der Waals surface area contributed by atoms with E-state index in [-0.39, 0.29) is 18.1 Å². The van der Waals surface area contributed by atoms with Crippen molar-refractivity contribution < 1.29 is 28.6 Å². The molecular formula is C18H22O6. The lowest BCUT2D eigenvalue weighted by Crippen LogP contribution is -2.48. The van der Waals surface area contributed by atoms with Gasteiger partial charge in [-0.2, -0.15) is 0 Å². The second-order valence-electron chi connectivity index (χ2n) is 6.12. The molecule has 2 rings (SSSR count). The average Bonchev–Trinajstić information content (AvgIpc) is 2.59. The quantitative estimate of drug-likeness (QED) is 0.769. The zero-order valence-corrected chi connectivity index (χ0v) is 14.3. The molecule has 6 heteroatoms.